The minimum absolute atomic E-state index is 0.149. The van der Waals surface area contributed by atoms with Gasteiger partial charge in [0.1, 0.15) is 11.9 Å². The number of benzene rings is 3. The van der Waals surface area contributed by atoms with Gasteiger partial charge in [-0.15, -0.1) is 0 Å². The van der Waals surface area contributed by atoms with Gasteiger partial charge in [0, 0.05) is 19.0 Å². The standard InChI is InChI=1S/C41H54FNO3/c1-3-4-5-10-21-43(38(46)24-28-15-16-29-12-8-9-13-30(29)23-28)22-11-6-7-14-31-25-32-26-33(44)17-18-34(32)40-36(42)27-41(2)35(39(31)40)19-20-37(41)45/h8-9,12-13,15-18,23,26,31,35-37,39-40,44-45H,3-7,10-11,14,19-22,24-25,27H2,1-2H3/t31?,35?,36?,37?,39?,40?,41-/m0/s1. The number of hydrogen-bond acceptors (Lipinski definition) is 3. The molecule has 2 fully saturated rings. The monoisotopic (exact) mass is 627 g/mol. The quantitative estimate of drug-likeness (QED) is 0.186. The van der Waals surface area contributed by atoms with Crippen LogP contribution >= 0.6 is 0 Å². The number of halogens is 1. The summed E-state index contributed by atoms with van der Waals surface area (Å²) in [6, 6.07) is 20.2. The average molecular weight is 628 g/mol. The molecule has 5 heteroatoms. The van der Waals surface area contributed by atoms with Gasteiger partial charge in [0.15, 0.2) is 0 Å². The van der Waals surface area contributed by atoms with Crippen molar-refractivity contribution in [1.29, 1.82) is 0 Å². The van der Waals surface area contributed by atoms with E-state index in [-0.39, 0.29) is 28.9 Å². The molecule has 3 aliphatic rings. The highest BCUT2D eigenvalue weighted by molar-refractivity contribution is 5.85. The molecule has 0 radical (unpaired) electrons. The maximum absolute atomic E-state index is 16.1. The van der Waals surface area contributed by atoms with Crippen LogP contribution in [0.25, 0.3) is 10.8 Å². The maximum Gasteiger partial charge on any atom is 0.226 e. The first kappa shape index (κ1) is 33.0. The predicted molar refractivity (Wildman–Crippen MR) is 185 cm³/mol. The van der Waals surface area contributed by atoms with E-state index >= 15 is 4.39 Å². The molecule has 0 aromatic heterocycles. The summed E-state index contributed by atoms with van der Waals surface area (Å²) in [6.07, 6.45) is 10.8. The lowest BCUT2D eigenvalue weighted by Crippen LogP contribution is -2.51. The normalized spacial score (nSPS) is 28.4. The molecule has 0 saturated heterocycles. The Morgan fingerprint density at radius 3 is 2.48 bits per heavy atom. The van der Waals surface area contributed by atoms with Crippen LogP contribution in [0, 0.1) is 23.2 Å². The molecule has 0 spiro atoms. The minimum Gasteiger partial charge on any atom is -0.508 e. The van der Waals surface area contributed by atoms with Crippen molar-refractivity contribution in [3.8, 4) is 5.75 Å². The Morgan fingerprint density at radius 1 is 0.935 bits per heavy atom. The van der Waals surface area contributed by atoms with Crippen LogP contribution in [0.5, 0.6) is 5.75 Å². The number of nitrogens with zero attached hydrogens (tertiary/aromatic N) is 1. The Labute approximate surface area is 275 Å². The number of fused-ring (bicyclic) bond motifs is 6. The number of amides is 1. The van der Waals surface area contributed by atoms with E-state index in [1.165, 1.54) is 23.6 Å². The van der Waals surface area contributed by atoms with E-state index < -0.39 is 12.3 Å². The summed E-state index contributed by atoms with van der Waals surface area (Å²) < 4.78 is 16.1. The molecule has 2 N–H and O–H groups in total. The van der Waals surface area contributed by atoms with Gasteiger partial charge in [-0.1, -0.05) is 94.5 Å². The first-order valence-corrected chi connectivity index (χ1v) is 18.2. The Kier molecular flexibility index (Phi) is 10.4. The predicted octanol–water partition coefficient (Wildman–Crippen LogP) is 9.15. The second kappa shape index (κ2) is 14.5. The third-order valence-corrected chi connectivity index (χ3v) is 12.1. The summed E-state index contributed by atoms with van der Waals surface area (Å²) in [4.78, 5) is 15.7. The van der Waals surface area contributed by atoms with Crippen molar-refractivity contribution in [1.82, 2.24) is 4.90 Å². The zero-order chi connectivity index (χ0) is 32.3. The number of carbonyl (C=O) groups excluding carboxylic acids is 1. The molecule has 248 valence electrons. The van der Waals surface area contributed by atoms with Crippen molar-refractivity contribution < 1.29 is 19.4 Å². The third-order valence-electron chi connectivity index (χ3n) is 12.1. The number of aromatic hydroxyl groups is 1. The summed E-state index contributed by atoms with van der Waals surface area (Å²) in [5, 5.41) is 23.6. The van der Waals surface area contributed by atoms with Gasteiger partial charge >= 0.3 is 0 Å². The highest BCUT2D eigenvalue weighted by Crippen LogP contribution is 2.63. The number of carbonyl (C=O) groups is 1. The lowest BCUT2D eigenvalue weighted by atomic mass is 9.51. The minimum atomic E-state index is -0.972. The molecule has 4 nitrogen and oxygen atoms in total. The second-order valence-electron chi connectivity index (χ2n) is 15.0. The van der Waals surface area contributed by atoms with Crippen LogP contribution in [0.1, 0.15) is 107 Å². The van der Waals surface area contributed by atoms with Gasteiger partial charge in [-0.25, -0.2) is 4.39 Å². The van der Waals surface area contributed by atoms with E-state index in [0.717, 1.165) is 87.6 Å². The molecule has 7 atom stereocenters. The number of phenolic OH excluding ortho intramolecular Hbond substituents is 1. The number of alkyl halides is 1. The van der Waals surface area contributed by atoms with Crippen molar-refractivity contribution in [2.45, 2.75) is 116 Å². The van der Waals surface area contributed by atoms with E-state index in [2.05, 4.69) is 49.1 Å². The van der Waals surface area contributed by atoms with Gasteiger partial charge in [-0.05, 0) is 108 Å². The first-order valence-electron chi connectivity index (χ1n) is 18.2. The topological polar surface area (TPSA) is 60.8 Å². The molecule has 0 aliphatic heterocycles. The summed E-state index contributed by atoms with van der Waals surface area (Å²) in [5.41, 5.74) is 2.91. The van der Waals surface area contributed by atoms with E-state index in [9.17, 15) is 15.0 Å². The molecule has 2 saturated carbocycles. The largest absolute Gasteiger partial charge is 0.508 e. The molecular formula is C41H54FNO3. The van der Waals surface area contributed by atoms with Crippen LogP contribution in [0.4, 0.5) is 4.39 Å². The van der Waals surface area contributed by atoms with Crippen LogP contribution in [-0.2, 0) is 17.6 Å². The van der Waals surface area contributed by atoms with E-state index in [1.807, 2.05) is 24.3 Å². The molecule has 3 aliphatic carbocycles. The highest BCUT2D eigenvalue weighted by Gasteiger charge is 2.59. The molecule has 0 bridgehead atoms. The van der Waals surface area contributed by atoms with Gasteiger partial charge in [0.2, 0.25) is 5.91 Å². The Balaban J connectivity index is 1.09. The number of rotatable bonds is 13. The fourth-order valence-electron chi connectivity index (χ4n) is 9.64. The maximum atomic E-state index is 16.1. The summed E-state index contributed by atoms with van der Waals surface area (Å²) in [7, 11) is 0. The number of unbranched alkanes of at least 4 members (excludes halogenated alkanes) is 5. The molecule has 3 aromatic carbocycles. The van der Waals surface area contributed by atoms with Crippen LogP contribution in [0.2, 0.25) is 0 Å². The van der Waals surface area contributed by atoms with Crippen molar-refractivity contribution in [2.24, 2.45) is 23.2 Å². The summed E-state index contributed by atoms with van der Waals surface area (Å²) in [5.74, 6) is 1.22. The van der Waals surface area contributed by atoms with Crippen molar-refractivity contribution >= 4 is 16.7 Å². The number of aliphatic hydroxyl groups is 1. The highest BCUT2D eigenvalue weighted by atomic mass is 19.1. The van der Waals surface area contributed by atoms with E-state index in [1.54, 1.807) is 6.07 Å². The zero-order valence-electron chi connectivity index (χ0n) is 28.0. The smallest absolute Gasteiger partial charge is 0.226 e. The number of hydrogen-bond donors (Lipinski definition) is 2. The fraction of sp³-hybridized carbons (Fsp3) is 0.585. The van der Waals surface area contributed by atoms with Gasteiger partial charge in [-0.2, -0.15) is 0 Å². The van der Waals surface area contributed by atoms with Gasteiger partial charge in [0.05, 0.1) is 12.5 Å². The molecule has 1 amide bonds. The second-order valence-corrected chi connectivity index (χ2v) is 15.0. The third kappa shape index (κ3) is 6.86. The van der Waals surface area contributed by atoms with Crippen LogP contribution < -0.4 is 0 Å². The molecule has 6 unspecified atom stereocenters. The Bertz CT molecular complexity index is 1490. The van der Waals surface area contributed by atoms with E-state index in [0.29, 0.717) is 24.7 Å². The van der Waals surface area contributed by atoms with E-state index in [4.69, 9.17) is 0 Å². The summed E-state index contributed by atoms with van der Waals surface area (Å²) in [6.45, 7) is 5.95. The Hall–Kier alpha value is -2.92. The number of aliphatic hydroxyl groups excluding tert-OH is 1. The lowest BCUT2D eigenvalue weighted by Gasteiger charge is -2.54. The zero-order valence-corrected chi connectivity index (χ0v) is 28.0. The first-order chi connectivity index (χ1) is 22.3. The number of phenols is 1. The molecule has 0 heterocycles. The fourth-order valence-corrected chi connectivity index (χ4v) is 9.64. The Morgan fingerprint density at radius 2 is 1.70 bits per heavy atom. The van der Waals surface area contributed by atoms with Gasteiger partial charge in [-0.3, -0.25) is 4.79 Å². The lowest BCUT2D eigenvalue weighted by molar-refractivity contribution is -0.130. The van der Waals surface area contributed by atoms with Crippen molar-refractivity contribution in [3.05, 3.63) is 77.4 Å². The van der Waals surface area contributed by atoms with Crippen molar-refractivity contribution in [2.75, 3.05) is 13.1 Å². The van der Waals surface area contributed by atoms with Crippen LogP contribution in [0.3, 0.4) is 0 Å². The molecular weight excluding hydrogens is 573 g/mol. The molecule has 3 aromatic rings. The van der Waals surface area contributed by atoms with Crippen LogP contribution in [-0.4, -0.2) is 46.4 Å². The molecule has 46 heavy (non-hydrogen) atoms. The SMILES string of the molecule is CCCCCCN(CCCCCC1Cc2cc(O)ccc2C2C(F)C[C@]3(C)C(O)CCC3C12)C(=O)Cc1ccc2ccccc2c1. The van der Waals surface area contributed by atoms with Crippen molar-refractivity contribution in [3.63, 3.8) is 0 Å². The average Bonchev–Trinajstić information content (AvgIpc) is 3.34. The van der Waals surface area contributed by atoms with Crippen LogP contribution in [0.15, 0.2) is 60.7 Å². The summed E-state index contributed by atoms with van der Waals surface area (Å²) >= 11 is 0. The molecule has 6 rings (SSSR count). The van der Waals surface area contributed by atoms with Gasteiger partial charge < -0.3 is 15.1 Å². The van der Waals surface area contributed by atoms with Gasteiger partial charge in [0.25, 0.3) is 0 Å².